The van der Waals surface area contributed by atoms with Crippen LogP contribution in [-0.2, 0) is 0 Å². The number of aromatic nitrogens is 2. The van der Waals surface area contributed by atoms with Crippen LogP contribution in [0.4, 0.5) is 5.82 Å². The van der Waals surface area contributed by atoms with Gasteiger partial charge in [0.05, 0.1) is 23.9 Å². The number of rotatable bonds is 3. The molecule has 3 rings (SSSR count). The van der Waals surface area contributed by atoms with Gasteiger partial charge in [-0.25, -0.2) is 4.98 Å². The number of aryl methyl sites for hydroxylation is 2. The molecule has 0 atom stereocenters. The number of carbonyl (C=O) groups is 1. The van der Waals surface area contributed by atoms with E-state index in [2.05, 4.69) is 15.3 Å². The van der Waals surface area contributed by atoms with Crippen molar-refractivity contribution in [2.24, 2.45) is 0 Å². The van der Waals surface area contributed by atoms with Crippen LogP contribution in [0.5, 0.6) is 5.75 Å². The van der Waals surface area contributed by atoms with Crippen molar-refractivity contribution in [3.8, 4) is 5.75 Å². The van der Waals surface area contributed by atoms with Gasteiger partial charge in [-0.2, -0.15) is 0 Å². The van der Waals surface area contributed by atoms with Gasteiger partial charge in [0.1, 0.15) is 11.6 Å². The summed E-state index contributed by atoms with van der Waals surface area (Å²) in [5, 5.41) is 3.67. The fraction of sp³-hybridized carbons (Fsp3) is 0.167. The zero-order valence-corrected chi connectivity index (χ0v) is 13.3. The highest BCUT2D eigenvalue weighted by atomic mass is 16.5. The fourth-order valence-electron chi connectivity index (χ4n) is 2.40. The van der Waals surface area contributed by atoms with E-state index < -0.39 is 0 Å². The molecule has 3 aromatic rings. The monoisotopic (exact) mass is 307 g/mol. The van der Waals surface area contributed by atoms with Gasteiger partial charge in [-0.05, 0) is 55.8 Å². The van der Waals surface area contributed by atoms with E-state index in [0.29, 0.717) is 17.1 Å². The third kappa shape index (κ3) is 3.13. The minimum atomic E-state index is -0.224. The lowest BCUT2D eigenvalue weighted by molar-refractivity contribution is 0.102. The molecule has 5 heteroatoms. The lowest BCUT2D eigenvalue weighted by Crippen LogP contribution is -2.15. The molecule has 0 radical (unpaired) electrons. The number of hydrogen-bond acceptors (Lipinski definition) is 4. The number of methoxy groups -OCH3 is 1. The number of benzene rings is 1. The Balaban J connectivity index is 1.97. The molecule has 1 N–H and O–H groups in total. The smallest absolute Gasteiger partial charge is 0.258 e. The summed E-state index contributed by atoms with van der Waals surface area (Å²) >= 11 is 0. The predicted molar refractivity (Wildman–Crippen MR) is 90.0 cm³/mol. The summed E-state index contributed by atoms with van der Waals surface area (Å²) in [6.07, 6.45) is 1.67. The second kappa shape index (κ2) is 6.04. The number of amides is 1. The van der Waals surface area contributed by atoms with E-state index in [1.54, 1.807) is 13.3 Å². The summed E-state index contributed by atoms with van der Waals surface area (Å²) in [6.45, 7) is 3.77. The van der Waals surface area contributed by atoms with Gasteiger partial charge < -0.3 is 10.1 Å². The lowest BCUT2D eigenvalue weighted by atomic mass is 10.1. The Labute approximate surface area is 134 Å². The zero-order chi connectivity index (χ0) is 16.4. The molecule has 0 saturated carbocycles. The molecule has 0 bridgehead atoms. The Bertz CT molecular complexity index is 891. The molecule has 0 aliphatic carbocycles. The van der Waals surface area contributed by atoms with Crippen LogP contribution in [0, 0.1) is 13.8 Å². The quantitative estimate of drug-likeness (QED) is 0.804. The van der Waals surface area contributed by atoms with Crippen molar-refractivity contribution in [2.45, 2.75) is 13.8 Å². The molecule has 0 unspecified atom stereocenters. The first kappa shape index (κ1) is 15.0. The number of fused-ring (bicyclic) bond motifs is 1. The maximum atomic E-state index is 12.5. The molecular weight excluding hydrogens is 290 g/mol. The highest BCUT2D eigenvalue weighted by Crippen LogP contribution is 2.22. The molecule has 2 aromatic heterocycles. The molecule has 0 fully saturated rings. The number of nitrogens with zero attached hydrogens (tertiary/aromatic N) is 2. The molecular formula is C18H17N3O2. The van der Waals surface area contributed by atoms with Crippen LogP contribution in [0.3, 0.4) is 0 Å². The Hall–Kier alpha value is -2.95. The van der Waals surface area contributed by atoms with Crippen LogP contribution in [-0.4, -0.2) is 23.0 Å². The predicted octanol–water partition coefficient (Wildman–Crippen LogP) is 3.51. The maximum Gasteiger partial charge on any atom is 0.258 e. The summed E-state index contributed by atoms with van der Waals surface area (Å²) in [6, 6.07) is 11.1. The first-order valence-corrected chi connectivity index (χ1v) is 7.26. The van der Waals surface area contributed by atoms with Gasteiger partial charge in [0.25, 0.3) is 5.91 Å². The van der Waals surface area contributed by atoms with Crippen molar-refractivity contribution < 1.29 is 9.53 Å². The van der Waals surface area contributed by atoms with Gasteiger partial charge in [0.15, 0.2) is 0 Å². The SMILES string of the molecule is COc1ccc2nc(C)c(C(=O)Nc3cc(C)ccn3)cc2c1. The van der Waals surface area contributed by atoms with E-state index in [-0.39, 0.29) is 5.91 Å². The minimum absolute atomic E-state index is 0.224. The van der Waals surface area contributed by atoms with E-state index >= 15 is 0 Å². The van der Waals surface area contributed by atoms with Crippen LogP contribution in [0.25, 0.3) is 10.9 Å². The van der Waals surface area contributed by atoms with Gasteiger partial charge in [-0.1, -0.05) is 0 Å². The third-order valence-corrected chi connectivity index (χ3v) is 3.61. The van der Waals surface area contributed by atoms with E-state index in [1.165, 1.54) is 0 Å². The van der Waals surface area contributed by atoms with Crippen molar-refractivity contribution in [1.82, 2.24) is 9.97 Å². The number of pyridine rings is 2. The molecule has 2 heterocycles. The Morgan fingerprint density at radius 2 is 1.96 bits per heavy atom. The van der Waals surface area contributed by atoms with E-state index in [4.69, 9.17) is 4.74 Å². The second-order valence-electron chi connectivity index (χ2n) is 5.35. The first-order chi connectivity index (χ1) is 11.1. The molecule has 23 heavy (non-hydrogen) atoms. The second-order valence-corrected chi connectivity index (χ2v) is 5.35. The van der Waals surface area contributed by atoms with Crippen molar-refractivity contribution in [1.29, 1.82) is 0 Å². The van der Waals surface area contributed by atoms with E-state index in [0.717, 1.165) is 22.2 Å². The fourth-order valence-corrected chi connectivity index (χ4v) is 2.40. The van der Waals surface area contributed by atoms with Crippen LogP contribution in [0.2, 0.25) is 0 Å². The number of ether oxygens (including phenoxy) is 1. The average molecular weight is 307 g/mol. The number of hydrogen-bond donors (Lipinski definition) is 1. The molecule has 0 spiro atoms. The topological polar surface area (TPSA) is 64.1 Å². The number of carbonyl (C=O) groups excluding carboxylic acids is 1. The zero-order valence-electron chi connectivity index (χ0n) is 13.3. The summed E-state index contributed by atoms with van der Waals surface area (Å²) in [7, 11) is 1.61. The Morgan fingerprint density at radius 3 is 2.70 bits per heavy atom. The molecule has 116 valence electrons. The summed E-state index contributed by atoms with van der Waals surface area (Å²) < 4.78 is 5.22. The summed E-state index contributed by atoms with van der Waals surface area (Å²) in [5.74, 6) is 1.04. The van der Waals surface area contributed by atoms with Gasteiger partial charge in [0.2, 0.25) is 0 Å². The Kier molecular flexibility index (Phi) is 3.93. The van der Waals surface area contributed by atoms with Gasteiger partial charge in [0, 0.05) is 11.6 Å². The van der Waals surface area contributed by atoms with Crippen molar-refractivity contribution in [3.63, 3.8) is 0 Å². The van der Waals surface area contributed by atoms with Crippen LogP contribution < -0.4 is 10.1 Å². The average Bonchev–Trinajstić information content (AvgIpc) is 2.53. The van der Waals surface area contributed by atoms with Gasteiger partial charge in [-0.3, -0.25) is 9.78 Å². The van der Waals surface area contributed by atoms with Crippen LogP contribution in [0.15, 0.2) is 42.6 Å². The molecule has 5 nitrogen and oxygen atoms in total. The normalized spacial score (nSPS) is 10.6. The van der Waals surface area contributed by atoms with Crippen molar-refractivity contribution in [3.05, 3.63) is 59.4 Å². The minimum Gasteiger partial charge on any atom is -0.497 e. The van der Waals surface area contributed by atoms with Crippen LogP contribution in [0.1, 0.15) is 21.6 Å². The highest BCUT2D eigenvalue weighted by molar-refractivity contribution is 6.06. The molecule has 0 saturated heterocycles. The van der Waals surface area contributed by atoms with Gasteiger partial charge >= 0.3 is 0 Å². The van der Waals surface area contributed by atoms with Crippen LogP contribution >= 0.6 is 0 Å². The van der Waals surface area contributed by atoms with Gasteiger partial charge in [-0.15, -0.1) is 0 Å². The molecule has 1 amide bonds. The number of anilines is 1. The Morgan fingerprint density at radius 1 is 1.13 bits per heavy atom. The summed E-state index contributed by atoms with van der Waals surface area (Å²) in [5.41, 5.74) is 3.06. The number of nitrogens with one attached hydrogen (secondary N) is 1. The van der Waals surface area contributed by atoms with E-state index in [1.807, 2.05) is 50.2 Å². The third-order valence-electron chi connectivity index (χ3n) is 3.61. The largest absolute Gasteiger partial charge is 0.497 e. The van der Waals surface area contributed by atoms with E-state index in [9.17, 15) is 4.79 Å². The molecule has 0 aliphatic rings. The lowest BCUT2D eigenvalue weighted by Gasteiger charge is -2.09. The highest BCUT2D eigenvalue weighted by Gasteiger charge is 2.13. The standard InChI is InChI=1S/C18H17N3O2/c1-11-6-7-19-17(8-11)21-18(22)15-10-13-9-14(23-3)4-5-16(13)20-12(15)2/h4-10H,1-3H3,(H,19,21,22). The van der Waals surface area contributed by atoms with Crippen molar-refractivity contribution in [2.75, 3.05) is 12.4 Å². The summed E-state index contributed by atoms with van der Waals surface area (Å²) in [4.78, 5) is 21.2. The van der Waals surface area contributed by atoms with Crippen molar-refractivity contribution >= 4 is 22.6 Å². The maximum absolute atomic E-state index is 12.5. The molecule has 1 aromatic carbocycles. The molecule has 0 aliphatic heterocycles. The first-order valence-electron chi connectivity index (χ1n) is 7.26.